The lowest BCUT2D eigenvalue weighted by atomic mass is 9.99. The first-order valence-corrected chi connectivity index (χ1v) is 6.51. The Kier molecular flexibility index (Phi) is 3.41. The third-order valence-electron chi connectivity index (χ3n) is 3.28. The van der Waals surface area contributed by atoms with Gasteiger partial charge in [0.1, 0.15) is 12.4 Å². The number of hydrogen-bond acceptors (Lipinski definition) is 4. The molecule has 0 spiro atoms. The number of fused-ring (bicyclic) bond motifs is 1. The van der Waals surface area contributed by atoms with Crippen LogP contribution in [0.25, 0.3) is 0 Å². The minimum absolute atomic E-state index is 0.0144. The van der Waals surface area contributed by atoms with E-state index >= 15 is 0 Å². The fourth-order valence-electron chi connectivity index (χ4n) is 2.22. The van der Waals surface area contributed by atoms with Gasteiger partial charge in [-0.2, -0.15) is 0 Å². The van der Waals surface area contributed by atoms with Gasteiger partial charge in [0, 0.05) is 5.56 Å². The molecule has 0 aliphatic carbocycles. The molecular formula is C16H13NO4. The van der Waals surface area contributed by atoms with Crippen LogP contribution in [0.3, 0.4) is 0 Å². The van der Waals surface area contributed by atoms with E-state index in [0.717, 1.165) is 10.6 Å². The molecule has 2 amide bonds. The first kappa shape index (κ1) is 13.3. The maximum absolute atomic E-state index is 12.3. The summed E-state index contributed by atoms with van der Waals surface area (Å²) in [6, 6.07) is 13.7. The summed E-state index contributed by atoms with van der Waals surface area (Å²) in [5, 5.41) is 10.2. The molecule has 0 radical (unpaired) electrons. The van der Waals surface area contributed by atoms with E-state index in [2.05, 4.69) is 0 Å². The third-order valence-corrected chi connectivity index (χ3v) is 3.28. The molecule has 0 aromatic heterocycles. The van der Waals surface area contributed by atoms with E-state index < -0.39 is 11.8 Å². The second kappa shape index (κ2) is 5.38. The van der Waals surface area contributed by atoms with E-state index in [1.165, 1.54) is 12.1 Å². The van der Waals surface area contributed by atoms with Gasteiger partial charge < -0.3 is 5.11 Å². The van der Waals surface area contributed by atoms with Crippen LogP contribution in [-0.4, -0.2) is 22.0 Å². The zero-order valence-electron chi connectivity index (χ0n) is 11.2. The van der Waals surface area contributed by atoms with Crippen molar-refractivity contribution >= 4 is 11.8 Å². The lowest BCUT2D eigenvalue weighted by molar-refractivity contribution is -0.174. The van der Waals surface area contributed by atoms with Crippen LogP contribution in [0.2, 0.25) is 0 Å². The summed E-state index contributed by atoms with van der Waals surface area (Å²) in [5.41, 5.74) is 1.75. The summed E-state index contributed by atoms with van der Waals surface area (Å²) in [5.74, 6) is -0.971. The lowest BCUT2D eigenvalue weighted by Gasteiger charge is -2.25. The van der Waals surface area contributed by atoms with Crippen LogP contribution in [0.15, 0.2) is 48.5 Å². The fourth-order valence-corrected chi connectivity index (χ4v) is 2.22. The molecule has 1 aliphatic rings. The molecule has 1 aliphatic heterocycles. The van der Waals surface area contributed by atoms with Gasteiger partial charge in [0.15, 0.2) is 0 Å². The Bertz CT molecular complexity index is 697. The van der Waals surface area contributed by atoms with E-state index in [1.54, 1.807) is 6.07 Å². The van der Waals surface area contributed by atoms with Crippen LogP contribution in [0, 0.1) is 0 Å². The monoisotopic (exact) mass is 283 g/mol. The van der Waals surface area contributed by atoms with Gasteiger partial charge in [-0.25, -0.2) is 0 Å². The highest BCUT2D eigenvalue weighted by Gasteiger charge is 2.32. The molecule has 2 aromatic carbocycles. The first-order valence-electron chi connectivity index (χ1n) is 6.51. The molecule has 0 saturated carbocycles. The van der Waals surface area contributed by atoms with Crippen molar-refractivity contribution in [1.29, 1.82) is 0 Å². The number of aromatic hydroxyl groups is 1. The second-order valence-corrected chi connectivity index (χ2v) is 4.77. The van der Waals surface area contributed by atoms with Crippen molar-refractivity contribution in [2.24, 2.45) is 0 Å². The summed E-state index contributed by atoms with van der Waals surface area (Å²) in [6.45, 7) is 0.131. The van der Waals surface area contributed by atoms with E-state index in [1.807, 2.05) is 30.3 Å². The molecule has 0 atom stereocenters. The van der Waals surface area contributed by atoms with Crippen LogP contribution in [0.4, 0.5) is 0 Å². The molecule has 1 N–H and O–H groups in total. The number of rotatable bonds is 3. The van der Waals surface area contributed by atoms with Gasteiger partial charge in [0.25, 0.3) is 11.8 Å². The summed E-state index contributed by atoms with van der Waals surface area (Å²) >= 11 is 0. The molecule has 106 valence electrons. The standard InChI is InChI=1S/C16H13NO4/c18-13-7-6-12-8-15(19)17(16(20)14(12)9-13)21-10-11-4-2-1-3-5-11/h1-7,9,18H,8,10H2. The summed E-state index contributed by atoms with van der Waals surface area (Å²) < 4.78 is 0. The lowest BCUT2D eigenvalue weighted by Crippen LogP contribution is -2.42. The smallest absolute Gasteiger partial charge is 0.285 e. The number of nitrogens with zero attached hydrogens (tertiary/aromatic N) is 1. The molecular weight excluding hydrogens is 270 g/mol. The van der Waals surface area contributed by atoms with Gasteiger partial charge in [-0.3, -0.25) is 14.4 Å². The van der Waals surface area contributed by atoms with Gasteiger partial charge in [-0.15, -0.1) is 5.06 Å². The number of carbonyl (C=O) groups excluding carboxylic acids is 2. The minimum Gasteiger partial charge on any atom is -0.508 e. The number of amides is 2. The van der Waals surface area contributed by atoms with Crippen molar-refractivity contribution in [1.82, 2.24) is 5.06 Å². The van der Waals surface area contributed by atoms with Crippen LogP contribution in [-0.2, 0) is 22.7 Å². The van der Waals surface area contributed by atoms with Crippen LogP contribution >= 0.6 is 0 Å². The molecule has 0 fully saturated rings. The van der Waals surface area contributed by atoms with Crippen molar-refractivity contribution in [2.75, 3.05) is 0 Å². The fraction of sp³-hybridized carbons (Fsp3) is 0.125. The zero-order chi connectivity index (χ0) is 14.8. The van der Waals surface area contributed by atoms with Gasteiger partial charge in [-0.05, 0) is 23.3 Å². The van der Waals surface area contributed by atoms with Gasteiger partial charge in [0.05, 0.1) is 6.42 Å². The normalized spacial score (nSPS) is 14.2. The van der Waals surface area contributed by atoms with Crippen LogP contribution in [0.5, 0.6) is 5.75 Å². The molecule has 0 saturated heterocycles. The van der Waals surface area contributed by atoms with Gasteiger partial charge in [0.2, 0.25) is 0 Å². The quantitative estimate of drug-likeness (QED) is 0.875. The SMILES string of the molecule is O=C1Cc2ccc(O)cc2C(=O)N1OCc1ccccc1. The van der Waals surface area contributed by atoms with E-state index in [4.69, 9.17) is 4.84 Å². The van der Waals surface area contributed by atoms with Crippen molar-refractivity contribution in [3.8, 4) is 5.75 Å². The molecule has 1 heterocycles. The Labute approximate surface area is 121 Å². The number of phenols is 1. The number of phenolic OH excluding ortho intramolecular Hbond substituents is 1. The van der Waals surface area contributed by atoms with Gasteiger partial charge in [-0.1, -0.05) is 36.4 Å². The molecule has 0 unspecified atom stereocenters. The van der Waals surface area contributed by atoms with Crippen molar-refractivity contribution < 1.29 is 19.5 Å². The summed E-state index contributed by atoms with van der Waals surface area (Å²) in [4.78, 5) is 29.6. The van der Waals surface area contributed by atoms with Crippen molar-refractivity contribution in [3.05, 3.63) is 65.2 Å². The number of hydrogen-bond donors (Lipinski definition) is 1. The first-order chi connectivity index (χ1) is 10.1. The highest BCUT2D eigenvalue weighted by molar-refractivity contribution is 6.08. The molecule has 5 nitrogen and oxygen atoms in total. The maximum atomic E-state index is 12.3. The van der Waals surface area contributed by atoms with Crippen LogP contribution in [0.1, 0.15) is 21.5 Å². The summed E-state index contributed by atoms with van der Waals surface area (Å²) in [6.07, 6.45) is 0.0795. The molecule has 2 aromatic rings. The van der Waals surface area contributed by atoms with Crippen LogP contribution < -0.4 is 0 Å². The largest absolute Gasteiger partial charge is 0.508 e. The van der Waals surface area contributed by atoms with E-state index in [-0.39, 0.29) is 18.8 Å². The Balaban J connectivity index is 1.80. The average Bonchev–Trinajstić information content (AvgIpc) is 2.49. The number of carbonyl (C=O) groups is 2. The Morgan fingerprint density at radius 3 is 2.62 bits per heavy atom. The zero-order valence-corrected chi connectivity index (χ0v) is 11.2. The number of benzene rings is 2. The highest BCUT2D eigenvalue weighted by atomic mass is 16.7. The van der Waals surface area contributed by atoms with Crippen molar-refractivity contribution in [3.63, 3.8) is 0 Å². The highest BCUT2D eigenvalue weighted by Crippen LogP contribution is 2.24. The predicted octanol–water partition coefficient (Wildman–Crippen LogP) is 2.05. The minimum atomic E-state index is -0.548. The predicted molar refractivity (Wildman–Crippen MR) is 74.2 cm³/mol. The number of hydroxylamine groups is 2. The average molecular weight is 283 g/mol. The Morgan fingerprint density at radius 2 is 1.86 bits per heavy atom. The Hall–Kier alpha value is -2.66. The second-order valence-electron chi connectivity index (χ2n) is 4.77. The third kappa shape index (κ3) is 2.64. The van der Waals surface area contributed by atoms with E-state index in [0.29, 0.717) is 11.1 Å². The number of imide groups is 1. The summed E-state index contributed by atoms with van der Waals surface area (Å²) in [7, 11) is 0. The van der Waals surface area contributed by atoms with Crippen molar-refractivity contribution in [2.45, 2.75) is 13.0 Å². The maximum Gasteiger partial charge on any atom is 0.285 e. The topological polar surface area (TPSA) is 66.8 Å². The van der Waals surface area contributed by atoms with E-state index in [9.17, 15) is 14.7 Å². The molecule has 5 heteroatoms. The molecule has 21 heavy (non-hydrogen) atoms. The molecule has 3 rings (SSSR count). The molecule has 0 bridgehead atoms. The Morgan fingerprint density at radius 1 is 1.10 bits per heavy atom. The van der Waals surface area contributed by atoms with Gasteiger partial charge >= 0.3 is 0 Å².